The summed E-state index contributed by atoms with van der Waals surface area (Å²) in [5, 5.41) is 9.70. The molecule has 82 valence electrons. The van der Waals surface area contributed by atoms with Gasteiger partial charge in [0.15, 0.2) is 0 Å². The first-order valence-electron chi connectivity index (χ1n) is 4.45. The first-order chi connectivity index (χ1) is 7.66. The number of carboxylic acid groups (broad SMARTS) is 1. The minimum absolute atomic E-state index is 0.142. The second kappa shape index (κ2) is 4.36. The maximum Gasteiger partial charge on any atom is 0.338 e. The van der Waals surface area contributed by atoms with Crippen LogP contribution in [0.25, 0.3) is 0 Å². The van der Waals surface area contributed by atoms with Crippen LogP contribution in [0, 0.1) is 6.92 Å². The van der Waals surface area contributed by atoms with E-state index >= 15 is 0 Å². The van der Waals surface area contributed by atoms with Gasteiger partial charge in [-0.1, -0.05) is 0 Å². The normalized spacial score (nSPS) is 10.3. The molecule has 5 nitrogen and oxygen atoms in total. The average Bonchev–Trinajstić information content (AvgIpc) is 2.64. The molecule has 0 atom stereocenters. The molecule has 1 N–H and O–H groups in total. The van der Waals surface area contributed by atoms with Crippen LogP contribution in [0.5, 0.6) is 0 Å². The highest BCUT2D eigenvalue weighted by molar-refractivity contribution is 7.99. The van der Waals surface area contributed by atoms with E-state index in [0.29, 0.717) is 10.2 Å². The Kier molecular flexibility index (Phi) is 2.91. The molecular weight excluding hydrogens is 228 g/mol. The number of nitrogens with zero attached hydrogens (tertiary/aromatic N) is 2. The van der Waals surface area contributed by atoms with Gasteiger partial charge in [-0.05, 0) is 30.8 Å². The lowest BCUT2D eigenvalue weighted by atomic mass is 10.3. The SMILES string of the molecule is Cc1coc(Sc2ncccc2C(=O)O)n1. The molecule has 2 aromatic rings. The Bertz CT molecular complexity index is 524. The van der Waals surface area contributed by atoms with Crippen molar-refractivity contribution in [3.05, 3.63) is 35.9 Å². The Morgan fingerprint density at radius 1 is 1.56 bits per heavy atom. The summed E-state index contributed by atoms with van der Waals surface area (Å²) in [6, 6.07) is 3.07. The van der Waals surface area contributed by atoms with Crippen LogP contribution in [0.15, 0.2) is 39.3 Å². The molecule has 2 aromatic heterocycles. The van der Waals surface area contributed by atoms with Gasteiger partial charge in [-0.25, -0.2) is 14.8 Å². The molecule has 6 heteroatoms. The summed E-state index contributed by atoms with van der Waals surface area (Å²) in [7, 11) is 0. The first kappa shape index (κ1) is 10.7. The fraction of sp³-hybridized carbons (Fsp3) is 0.100. The molecule has 0 fully saturated rings. The van der Waals surface area contributed by atoms with Gasteiger partial charge >= 0.3 is 5.97 Å². The maximum absolute atomic E-state index is 10.9. The van der Waals surface area contributed by atoms with Crippen LogP contribution < -0.4 is 0 Å². The Balaban J connectivity index is 2.31. The standard InChI is InChI=1S/C10H8N2O3S/c1-6-5-15-10(12-6)16-8-7(9(13)14)3-2-4-11-8/h2-5H,1H3,(H,13,14). The van der Waals surface area contributed by atoms with Crippen molar-refractivity contribution in [2.24, 2.45) is 0 Å². The first-order valence-corrected chi connectivity index (χ1v) is 5.27. The third-order valence-corrected chi connectivity index (χ3v) is 2.66. The van der Waals surface area contributed by atoms with Crippen LogP contribution in [0.2, 0.25) is 0 Å². The van der Waals surface area contributed by atoms with Gasteiger partial charge in [0, 0.05) is 6.20 Å². The Morgan fingerprint density at radius 2 is 2.38 bits per heavy atom. The van der Waals surface area contributed by atoms with Crippen molar-refractivity contribution < 1.29 is 14.3 Å². The molecular formula is C10H8N2O3S. The van der Waals surface area contributed by atoms with Gasteiger partial charge in [0.05, 0.1) is 11.3 Å². The van der Waals surface area contributed by atoms with Crippen molar-refractivity contribution in [3.63, 3.8) is 0 Å². The fourth-order valence-electron chi connectivity index (χ4n) is 1.10. The maximum atomic E-state index is 10.9. The van der Waals surface area contributed by atoms with Crippen molar-refractivity contribution in [2.75, 3.05) is 0 Å². The highest BCUT2D eigenvalue weighted by Crippen LogP contribution is 2.27. The van der Waals surface area contributed by atoms with Crippen molar-refractivity contribution in [1.29, 1.82) is 0 Å². The van der Waals surface area contributed by atoms with E-state index in [0.717, 1.165) is 17.5 Å². The van der Waals surface area contributed by atoms with E-state index in [1.165, 1.54) is 18.5 Å². The van der Waals surface area contributed by atoms with E-state index in [-0.39, 0.29) is 5.56 Å². The minimum Gasteiger partial charge on any atom is -0.478 e. The van der Waals surface area contributed by atoms with Gasteiger partial charge in [-0.3, -0.25) is 0 Å². The number of pyridine rings is 1. The lowest BCUT2D eigenvalue weighted by Crippen LogP contribution is -1.99. The van der Waals surface area contributed by atoms with Gasteiger partial charge < -0.3 is 9.52 Å². The molecule has 0 aromatic carbocycles. The van der Waals surface area contributed by atoms with Crippen molar-refractivity contribution >= 4 is 17.7 Å². The predicted octanol–water partition coefficient (Wildman–Crippen LogP) is 2.23. The third kappa shape index (κ3) is 2.22. The van der Waals surface area contributed by atoms with E-state index in [1.807, 2.05) is 0 Å². The van der Waals surface area contributed by atoms with E-state index in [4.69, 9.17) is 9.52 Å². The molecule has 0 unspecified atom stereocenters. The average molecular weight is 236 g/mol. The van der Waals surface area contributed by atoms with Gasteiger partial charge in [0.25, 0.3) is 5.22 Å². The summed E-state index contributed by atoms with van der Waals surface area (Å²) in [5.74, 6) is -1.01. The molecule has 0 spiro atoms. The van der Waals surface area contributed by atoms with E-state index < -0.39 is 5.97 Å². The van der Waals surface area contributed by atoms with E-state index in [2.05, 4.69) is 9.97 Å². The topological polar surface area (TPSA) is 76.2 Å². The summed E-state index contributed by atoms with van der Waals surface area (Å²) in [5.41, 5.74) is 0.888. The lowest BCUT2D eigenvalue weighted by Gasteiger charge is -2.00. The molecule has 2 heterocycles. The van der Waals surface area contributed by atoms with Gasteiger partial charge in [0.2, 0.25) is 0 Å². The highest BCUT2D eigenvalue weighted by atomic mass is 32.2. The van der Waals surface area contributed by atoms with Crippen LogP contribution in [-0.2, 0) is 0 Å². The van der Waals surface area contributed by atoms with Crippen LogP contribution in [0.3, 0.4) is 0 Å². The van der Waals surface area contributed by atoms with Crippen LogP contribution in [0.4, 0.5) is 0 Å². The monoisotopic (exact) mass is 236 g/mol. The number of carbonyl (C=O) groups is 1. The van der Waals surface area contributed by atoms with Gasteiger partial charge in [0.1, 0.15) is 11.3 Å². The van der Waals surface area contributed by atoms with Crippen LogP contribution in [0.1, 0.15) is 16.1 Å². The summed E-state index contributed by atoms with van der Waals surface area (Å²) < 4.78 is 5.12. The van der Waals surface area contributed by atoms with Crippen LogP contribution >= 0.6 is 11.8 Å². The summed E-state index contributed by atoms with van der Waals surface area (Å²) >= 11 is 1.09. The molecule has 0 bridgehead atoms. The molecule has 0 saturated carbocycles. The molecule has 16 heavy (non-hydrogen) atoms. The number of rotatable bonds is 3. The molecule has 0 radical (unpaired) electrons. The van der Waals surface area contributed by atoms with Crippen molar-refractivity contribution in [2.45, 2.75) is 17.2 Å². The molecule has 0 aliphatic rings. The van der Waals surface area contributed by atoms with Crippen molar-refractivity contribution in [1.82, 2.24) is 9.97 Å². The Labute approximate surface area is 95.5 Å². The Hall–Kier alpha value is -1.82. The number of hydrogen-bond acceptors (Lipinski definition) is 5. The molecule has 0 saturated heterocycles. The van der Waals surface area contributed by atoms with Crippen molar-refractivity contribution in [3.8, 4) is 0 Å². The quantitative estimate of drug-likeness (QED) is 0.880. The zero-order valence-corrected chi connectivity index (χ0v) is 9.19. The molecule has 2 rings (SSSR count). The number of oxazole rings is 1. The second-order valence-corrected chi connectivity index (χ2v) is 3.96. The largest absolute Gasteiger partial charge is 0.478 e. The number of carboxylic acids is 1. The van der Waals surface area contributed by atoms with Crippen LogP contribution in [-0.4, -0.2) is 21.0 Å². The van der Waals surface area contributed by atoms with Gasteiger partial charge in [-0.15, -0.1) is 0 Å². The zero-order chi connectivity index (χ0) is 11.5. The molecule has 0 aliphatic carbocycles. The molecule has 0 amide bonds. The third-order valence-electron chi connectivity index (χ3n) is 1.78. The molecule has 0 aliphatic heterocycles. The van der Waals surface area contributed by atoms with E-state index in [1.54, 1.807) is 13.0 Å². The summed E-state index contributed by atoms with van der Waals surface area (Å²) in [4.78, 5) is 19.0. The smallest absolute Gasteiger partial charge is 0.338 e. The van der Waals surface area contributed by atoms with E-state index in [9.17, 15) is 4.79 Å². The second-order valence-electron chi connectivity index (χ2n) is 3.02. The minimum atomic E-state index is -1.01. The number of aromatic nitrogens is 2. The highest BCUT2D eigenvalue weighted by Gasteiger charge is 2.14. The Morgan fingerprint density at radius 3 is 3.00 bits per heavy atom. The lowest BCUT2D eigenvalue weighted by molar-refractivity contribution is 0.0692. The number of hydrogen-bond donors (Lipinski definition) is 1. The number of aromatic carboxylic acids is 1. The zero-order valence-electron chi connectivity index (χ0n) is 8.38. The number of aryl methyl sites for hydroxylation is 1. The summed E-state index contributed by atoms with van der Waals surface area (Å²) in [6.07, 6.45) is 3.04. The van der Waals surface area contributed by atoms with Gasteiger partial charge in [-0.2, -0.15) is 0 Å². The fourth-order valence-corrected chi connectivity index (χ4v) is 1.93. The predicted molar refractivity (Wildman–Crippen MR) is 56.6 cm³/mol. The summed E-state index contributed by atoms with van der Waals surface area (Å²) in [6.45, 7) is 1.80.